The molecular formula is C19H23N3O2. The van der Waals surface area contributed by atoms with Crippen molar-refractivity contribution in [2.75, 3.05) is 19.0 Å². The number of nitrogens with zero attached hydrogens (tertiary/aromatic N) is 1. The van der Waals surface area contributed by atoms with Crippen molar-refractivity contribution in [1.82, 2.24) is 5.43 Å². The lowest BCUT2D eigenvalue weighted by Gasteiger charge is -2.07. The first-order valence-electron chi connectivity index (χ1n) is 7.95. The van der Waals surface area contributed by atoms with E-state index in [4.69, 9.17) is 4.74 Å². The first-order chi connectivity index (χ1) is 11.7. The first kappa shape index (κ1) is 17.5. The molecule has 0 fully saturated rings. The van der Waals surface area contributed by atoms with E-state index in [1.165, 1.54) is 0 Å². The van der Waals surface area contributed by atoms with Crippen molar-refractivity contribution in [3.8, 4) is 5.75 Å². The molecule has 0 atom stereocenters. The van der Waals surface area contributed by atoms with Crippen LogP contribution in [0.4, 0.5) is 5.69 Å². The predicted molar refractivity (Wildman–Crippen MR) is 97.5 cm³/mol. The fourth-order valence-electron chi connectivity index (χ4n) is 2.14. The van der Waals surface area contributed by atoms with Gasteiger partial charge in [-0.05, 0) is 43.2 Å². The molecule has 2 rings (SSSR count). The van der Waals surface area contributed by atoms with Gasteiger partial charge in [0.15, 0.2) is 0 Å². The average Bonchev–Trinajstić information content (AvgIpc) is 2.64. The number of hydrogen-bond acceptors (Lipinski definition) is 4. The van der Waals surface area contributed by atoms with Crippen molar-refractivity contribution >= 4 is 17.3 Å². The molecule has 2 N–H and O–H groups in total. The van der Waals surface area contributed by atoms with Crippen LogP contribution in [0.2, 0.25) is 0 Å². The molecule has 2 aromatic carbocycles. The van der Waals surface area contributed by atoms with Crippen LogP contribution in [0.1, 0.15) is 25.3 Å². The summed E-state index contributed by atoms with van der Waals surface area (Å²) in [6.07, 6.45) is 1.16. The zero-order chi connectivity index (χ0) is 17.2. The third-order valence-corrected chi connectivity index (χ3v) is 3.54. The molecule has 0 unspecified atom stereocenters. The summed E-state index contributed by atoms with van der Waals surface area (Å²) in [4.78, 5) is 11.8. The number of hydrazone groups is 1. The zero-order valence-corrected chi connectivity index (χ0v) is 14.1. The number of rotatable bonds is 8. The summed E-state index contributed by atoms with van der Waals surface area (Å²) in [7, 11) is 1.64. The lowest BCUT2D eigenvalue weighted by molar-refractivity contribution is -0.121. The standard InChI is InChI=1S/C19H23N3O2/c1-15(16-7-4-3-5-8-16)21-22-19(23)9-6-14-20-17-10-12-18(24-2)13-11-17/h3-5,7-8,10-13,20H,6,9,14H2,1-2H3,(H,22,23)/b21-15+. The van der Waals surface area contributed by atoms with Gasteiger partial charge >= 0.3 is 0 Å². The molecule has 1 amide bonds. The average molecular weight is 325 g/mol. The summed E-state index contributed by atoms with van der Waals surface area (Å²) < 4.78 is 5.11. The van der Waals surface area contributed by atoms with Gasteiger partial charge in [-0.3, -0.25) is 4.79 Å². The SMILES string of the molecule is COc1ccc(NCCCC(=O)N/N=C(\C)c2ccccc2)cc1. The molecule has 0 heterocycles. The monoisotopic (exact) mass is 325 g/mol. The molecule has 126 valence electrons. The van der Waals surface area contributed by atoms with Crippen LogP contribution >= 0.6 is 0 Å². The smallest absolute Gasteiger partial charge is 0.240 e. The highest BCUT2D eigenvalue weighted by Crippen LogP contribution is 2.14. The second kappa shape index (κ2) is 9.35. The minimum atomic E-state index is -0.0817. The zero-order valence-electron chi connectivity index (χ0n) is 14.1. The first-order valence-corrected chi connectivity index (χ1v) is 7.95. The van der Waals surface area contributed by atoms with Gasteiger partial charge in [-0.25, -0.2) is 5.43 Å². The van der Waals surface area contributed by atoms with E-state index < -0.39 is 0 Å². The molecule has 0 saturated heterocycles. The van der Waals surface area contributed by atoms with E-state index in [1.54, 1.807) is 7.11 Å². The second-order valence-electron chi connectivity index (χ2n) is 5.36. The van der Waals surface area contributed by atoms with E-state index in [0.29, 0.717) is 6.42 Å². The van der Waals surface area contributed by atoms with E-state index in [-0.39, 0.29) is 5.91 Å². The number of carbonyl (C=O) groups excluding carboxylic acids is 1. The molecule has 0 spiro atoms. The lowest BCUT2D eigenvalue weighted by atomic mass is 10.1. The fraction of sp³-hybridized carbons (Fsp3) is 0.263. The Morgan fingerprint density at radius 1 is 1.08 bits per heavy atom. The van der Waals surface area contributed by atoms with E-state index in [1.807, 2.05) is 61.5 Å². The largest absolute Gasteiger partial charge is 0.497 e. The van der Waals surface area contributed by atoms with Gasteiger partial charge in [0.1, 0.15) is 5.75 Å². The van der Waals surface area contributed by atoms with Gasteiger partial charge in [0.2, 0.25) is 5.91 Å². The maximum atomic E-state index is 11.8. The Morgan fingerprint density at radius 2 is 1.79 bits per heavy atom. The number of methoxy groups -OCH3 is 1. The Bertz CT molecular complexity index is 667. The predicted octanol–water partition coefficient (Wildman–Crippen LogP) is 3.43. The van der Waals surface area contributed by atoms with Crippen LogP contribution in [0.15, 0.2) is 59.7 Å². The van der Waals surface area contributed by atoms with Crippen LogP contribution in [-0.4, -0.2) is 25.3 Å². The Balaban J connectivity index is 1.67. The van der Waals surface area contributed by atoms with Crippen molar-refractivity contribution < 1.29 is 9.53 Å². The van der Waals surface area contributed by atoms with Crippen molar-refractivity contribution in [2.24, 2.45) is 5.10 Å². The van der Waals surface area contributed by atoms with Crippen LogP contribution in [0.25, 0.3) is 0 Å². The van der Waals surface area contributed by atoms with E-state index >= 15 is 0 Å². The van der Waals surface area contributed by atoms with Gasteiger partial charge in [0.05, 0.1) is 12.8 Å². The Morgan fingerprint density at radius 3 is 2.46 bits per heavy atom. The summed E-state index contributed by atoms with van der Waals surface area (Å²) in [5, 5.41) is 7.40. The van der Waals surface area contributed by atoms with Gasteiger partial charge in [-0.1, -0.05) is 30.3 Å². The Hall–Kier alpha value is -2.82. The van der Waals surface area contributed by atoms with Crippen molar-refractivity contribution in [3.05, 3.63) is 60.2 Å². The third kappa shape index (κ3) is 5.76. The van der Waals surface area contributed by atoms with Gasteiger partial charge < -0.3 is 10.1 Å². The van der Waals surface area contributed by atoms with E-state index in [9.17, 15) is 4.79 Å². The number of ether oxygens (including phenoxy) is 1. The van der Waals surface area contributed by atoms with Gasteiger partial charge in [0, 0.05) is 18.7 Å². The highest BCUT2D eigenvalue weighted by molar-refractivity contribution is 5.99. The van der Waals surface area contributed by atoms with Crippen molar-refractivity contribution in [2.45, 2.75) is 19.8 Å². The highest BCUT2D eigenvalue weighted by atomic mass is 16.5. The normalized spacial score (nSPS) is 11.0. The van der Waals surface area contributed by atoms with Crippen LogP contribution in [0.5, 0.6) is 5.75 Å². The molecule has 2 aromatic rings. The second-order valence-corrected chi connectivity index (χ2v) is 5.36. The van der Waals surface area contributed by atoms with Crippen LogP contribution in [0.3, 0.4) is 0 Å². The number of benzene rings is 2. The highest BCUT2D eigenvalue weighted by Gasteiger charge is 2.01. The molecule has 0 aromatic heterocycles. The minimum Gasteiger partial charge on any atom is -0.497 e. The number of nitrogens with one attached hydrogen (secondary N) is 2. The minimum absolute atomic E-state index is 0.0817. The maximum absolute atomic E-state index is 11.8. The molecule has 0 aliphatic rings. The summed E-state index contributed by atoms with van der Waals surface area (Å²) >= 11 is 0. The van der Waals surface area contributed by atoms with E-state index in [0.717, 1.165) is 35.7 Å². The summed E-state index contributed by atoms with van der Waals surface area (Å²) in [6, 6.07) is 17.5. The fourth-order valence-corrected chi connectivity index (χ4v) is 2.14. The summed E-state index contributed by atoms with van der Waals surface area (Å²) in [5.74, 6) is 0.744. The summed E-state index contributed by atoms with van der Waals surface area (Å²) in [5.41, 5.74) is 5.40. The molecule has 0 bridgehead atoms. The van der Waals surface area contributed by atoms with Crippen LogP contribution < -0.4 is 15.5 Å². The summed E-state index contributed by atoms with van der Waals surface area (Å²) in [6.45, 7) is 2.60. The Kier molecular flexibility index (Phi) is 6.83. The quantitative estimate of drug-likeness (QED) is 0.444. The van der Waals surface area contributed by atoms with Crippen molar-refractivity contribution in [3.63, 3.8) is 0 Å². The van der Waals surface area contributed by atoms with Gasteiger partial charge in [-0.2, -0.15) is 5.10 Å². The number of amides is 1. The Labute approximate surface area is 142 Å². The molecule has 5 nitrogen and oxygen atoms in total. The van der Waals surface area contributed by atoms with Crippen molar-refractivity contribution in [1.29, 1.82) is 0 Å². The number of hydrogen-bond donors (Lipinski definition) is 2. The third-order valence-electron chi connectivity index (χ3n) is 3.54. The van der Waals surface area contributed by atoms with Gasteiger partial charge in [-0.15, -0.1) is 0 Å². The molecule has 0 radical (unpaired) electrons. The lowest BCUT2D eigenvalue weighted by Crippen LogP contribution is -2.19. The molecule has 0 aliphatic heterocycles. The molecule has 0 aliphatic carbocycles. The topological polar surface area (TPSA) is 62.7 Å². The van der Waals surface area contributed by atoms with E-state index in [2.05, 4.69) is 15.8 Å². The molecule has 0 saturated carbocycles. The molecule has 5 heteroatoms. The molecule has 24 heavy (non-hydrogen) atoms. The number of anilines is 1. The number of carbonyl (C=O) groups is 1. The van der Waals surface area contributed by atoms with Crippen LogP contribution in [-0.2, 0) is 4.79 Å². The molecular weight excluding hydrogens is 302 g/mol. The van der Waals surface area contributed by atoms with Gasteiger partial charge in [0.25, 0.3) is 0 Å². The van der Waals surface area contributed by atoms with Crippen LogP contribution in [0, 0.1) is 0 Å². The maximum Gasteiger partial charge on any atom is 0.240 e.